The predicted octanol–water partition coefficient (Wildman–Crippen LogP) is 3.60. The Morgan fingerprint density at radius 2 is 1.60 bits per heavy atom. The number of amides is 3. The first-order valence-corrected chi connectivity index (χ1v) is 12.3. The molecule has 5 N–H and O–H groups in total. The lowest BCUT2D eigenvalue weighted by atomic mass is 9.90. The average molecular weight is 509 g/mol. The van der Waals surface area contributed by atoms with Crippen molar-refractivity contribution in [3.05, 3.63) is 59.2 Å². The molecular weight excluding hydrogens is 481 g/mol. The molecule has 0 radical (unpaired) electrons. The lowest BCUT2D eigenvalue weighted by Crippen LogP contribution is -2.54. The Kier molecular flexibility index (Phi) is 8.66. The van der Waals surface area contributed by atoms with E-state index < -0.39 is 30.1 Å². The average Bonchev–Trinajstić information content (AvgIpc) is 2.83. The van der Waals surface area contributed by atoms with Gasteiger partial charge in [-0.2, -0.15) is 13.2 Å². The predicted molar refractivity (Wildman–Crippen MR) is 128 cm³/mol. The summed E-state index contributed by atoms with van der Waals surface area (Å²) in [5.41, 5.74) is 4.67. The van der Waals surface area contributed by atoms with E-state index in [2.05, 4.69) is 16.0 Å². The topological polar surface area (TPSA) is 113 Å². The smallest absolute Gasteiger partial charge is 0.398 e. The molecule has 1 aliphatic rings. The molecule has 11 heteroatoms. The van der Waals surface area contributed by atoms with Crippen molar-refractivity contribution in [2.24, 2.45) is 0 Å². The second kappa shape index (κ2) is 11.5. The van der Waals surface area contributed by atoms with Gasteiger partial charge >= 0.3 is 6.18 Å². The zero-order valence-corrected chi connectivity index (χ0v) is 19.9. The fraction of sp³-hybridized carbons (Fsp3) is 0.375. The van der Waals surface area contributed by atoms with Crippen LogP contribution in [-0.4, -0.2) is 42.6 Å². The van der Waals surface area contributed by atoms with Crippen LogP contribution in [0.25, 0.3) is 0 Å². The van der Waals surface area contributed by atoms with E-state index in [1.165, 1.54) is 0 Å². The minimum atomic E-state index is -4.63. The van der Waals surface area contributed by atoms with Gasteiger partial charge in [0.1, 0.15) is 0 Å². The van der Waals surface area contributed by atoms with Crippen molar-refractivity contribution >= 4 is 35.2 Å². The van der Waals surface area contributed by atoms with Crippen LogP contribution >= 0.6 is 11.8 Å². The second-order valence-corrected chi connectivity index (χ2v) is 9.13. The molecule has 2 aromatic carbocycles. The number of halogens is 3. The molecule has 35 heavy (non-hydrogen) atoms. The molecular formula is C24H27F3N4O3S. The number of carbonyl (C=O) groups excluding carboxylic acids is 3. The summed E-state index contributed by atoms with van der Waals surface area (Å²) in [6, 6.07) is 9.03. The van der Waals surface area contributed by atoms with E-state index in [0.29, 0.717) is 24.5 Å². The van der Waals surface area contributed by atoms with E-state index in [9.17, 15) is 27.6 Å². The highest BCUT2D eigenvalue weighted by Crippen LogP contribution is 2.31. The Bertz CT molecular complexity index is 1080. The zero-order chi connectivity index (χ0) is 25.6. The van der Waals surface area contributed by atoms with Crippen LogP contribution in [0.3, 0.4) is 0 Å². The van der Waals surface area contributed by atoms with Crippen LogP contribution in [0.4, 0.5) is 18.9 Å². The van der Waals surface area contributed by atoms with Crippen molar-refractivity contribution in [3.63, 3.8) is 0 Å². The maximum atomic E-state index is 12.9. The van der Waals surface area contributed by atoms with Crippen LogP contribution in [0.2, 0.25) is 0 Å². The summed E-state index contributed by atoms with van der Waals surface area (Å²) in [5.74, 6) is -1.64. The first-order chi connectivity index (χ1) is 16.6. The first-order valence-electron chi connectivity index (χ1n) is 11.1. The fourth-order valence-corrected chi connectivity index (χ4v) is 4.32. The standard InChI is InChI=1S/C24H27F3N4O3S/c1-35-16-9-6-14(7-10-16)22(33)31-20-5-3-2-4-19(20)30-21(32)13-29-23(34)17-12-15(24(25,26)27)8-11-18(17)28/h6-12,19-20H,2-5,13,28H2,1H3,(H,29,34)(H,30,32)(H,31,33). The maximum Gasteiger partial charge on any atom is 0.416 e. The quantitative estimate of drug-likeness (QED) is 0.337. The fourth-order valence-electron chi connectivity index (χ4n) is 3.91. The number of alkyl halides is 3. The molecule has 1 fully saturated rings. The number of hydrogen-bond donors (Lipinski definition) is 4. The Hall–Kier alpha value is -3.21. The maximum absolute atomic E-state index is 12.9. The second-order valence-electron chi connectivity index (χ2n) is 8.25. The van der Waals surface area contributed by atoms with Gasteiger partial charge in [-0.15, -0.1) is 11.8 Å². The Labute approximate surface area is 205 Å². The summed E-state index contributed by atoms with van der Waals surface area (Å²) in [4.78, 5) is 38.5. The number of carbonyl (C=O) groups is 3. The summed E-state index contributed by atoms with van der Waals surface area (Å²) >= 11 is 1.57. The van der Waals surface area contributed by atoms with Crippen LogP contribution in [0, 0.1) is 0 Å². The third-order valence-electron chi connectivity index (χ3n) is 5.82. The highest BCUT2D eigenvalue weighted by molar-refractivity contribution is 7.98. The van der Waals surface area contributed by atoms with E-state index in [4.69, 9.17) is 5.73 Å². The van der Waals surface area contributed by atoms with Gasteiger partial charge in [0.05, 0.1) is 17.7 Å². The highest BCUT2D eigenvalue weighted by atomic mass is 32.2. The van der Waals surface area contributed by atoms with E-state index in [1.54, 1.807) is 23.9 Å². The molecule has 0 bridgehead atoms. The van der Waals surface area contributed by atoms with Crippen molar-refractivity contribution < 1.29 is 27.6 Å². The van der Waals surface area contributed by atoms with Crippen LogP contribution in [0.15, 0.2) is 47.4 Å². The van der Waals surface area contributed by atoms with Crippen LogP contribution in [0.1, 0.15) is 52.0 Å². The number of rotatable bonds is 7. The van der Waals surface area contributed by atoms with Gasteiger partial charge in [-0.05, 0) is 61.6 Å². The molecule has 3 rings (SSSR count). The number of hydrogen-bond acceptors (Lipinski definition) is 5. The van der Waals surface area contributed by atoms with E-state index in [-0.39, 0.29) is 29.2 Å². The molecule has 0 aliphatic heterocycles. The van der Waals surface area contributed by atoms with E-state index >= 15 is 0 Å². The molecule has 2 aromatic rings. The molecule has 7 nitrogen and oxygen atoms in total. The molecule has 0 saturated heterocycles. The van der Waals surface area contributed by atoms with Gasteiger partial charge < -0.3 is 21.7 Å². The molecule has 1 saturated carbocycles. The van der Waals surface area contributed by atoms with Gasteiger partial charge in [0.2, 0.25) is 5.91 Å². The zero-order valence-electron chi connectivity index (χ0n) is 19.1. The normalized spacial score (nSPS) is 17.9. The van der Waals surface area contributed by atoms with Crippen LogP contribution in [0.5, 0.6) is 0 Å². The Morgan fingerprint density at radius 1 is 0.971 bits per heavy atom. The monoisotopic (exact) mass is 508 g/mol. The van der Waals surface area contributed by atoms with Gasteiger partial charge in [-0.1, -0.05) is 12.8 Å². The van der Waals surface area contributed by atoms with Crippen LogP contribution < -0.4 is 21.7 Å². The van der Waals surface area contributed by atoms with Crippen molar-refractivity contribution in [1.82, 2.24) is 16.0 Å². The van der Waals surface area contributed by atoms with Gasteiger partial charge in [-0.25, -0.2) is 0 Å². The van der Waals surface area contributed by atoms with Crippen molar-refractivity contribution in [2.75, 3.05) is 18.5 Å². The van der Waals surface area contributed by atoms with Gasteiger partial charge in [0.15, 0.2) is 0 Å². The van der Waals surface area contributed by atoms with Gasteiger partial charge in [-0.3, -0.25) is 14.4 Å². The lowest BCUT2D eigenvalue weighted by Gasteiger charge is -2.33. The number of nitrogens with two attached hydrogens (primary N) is 1. The highest BCUT2D eigenvalue weighted by Gasteiger charge is 2.32. The van der Waals surface area contributed by atoms with E-state index in [0.717, 1.165) is 29.9 Å². The van der Waals surface area contributed by atoms with E-state index in [1.807, 2.05) is 18.4 Å². The van der Waals surface area contributed by atoms with Crippen molar-refractivity contribution in [2.45, 2.75) is 48.8 Å². The molecule has 3 amide bonds. The number of nitrogens with one attached hydrogen (secondary N) is 3. The Morgan fingerprint density at radius 3 is 2.20 bits per heavy atom. The molecule has 188 valence electrons. The van der Waals surface area contributed by atoms with Crippen LogP contribution in [-0.2, 0) is 11.0 Å². The molecule has 0 spiro atoms. The third kappa shape index (κ3) is 7.14. The van der Waals surface area contributed by atoms with Gasteiger partial charge in [0, 0.05) is 28.2 Å². The largest absolute Gasteiger partial charge is 0.416 e. The lowest BCUT2D eigenvalue weighted by molar-refractivity contribution is -0.137. The first kappa shape index (κ1) is 26.4. The molecule has 0 aromatic heterocycles. The summed E-state index contributed by atoms with van der Waals surface area (Å²) in [6.07, 6.45) is 0.420. The summed E-state index contributed by atoms with van der Waals surface area (Å²) in [5, 5.41) is 8.11. The molecule has 1 aliphatic carbocycles. The minimum absolute atomic E-state index is 0.128. The summed E-state index contributed by atoms with van der Waals surface area (Å²) in [6.45, 7) is -0.443. The number of anilines is 1. The molecule has 2 atom stereocenters. The Balaban J connectivity index is 1.57. The summed E-state index contributed by atoms with van der Waals surface area (Å²) < 4.78 is 38.8. The van der Waals surface area contributed by atoms with Gasteiger partial charge in [0.25, 0.3) is 11.8 Å². The number of thioether (sulfide) groups is 1. The number of nitrogen functional groups attached to an aromatic ring is 1. The third-order valence-corrected chi connectivity index (χ3v) is 6.56. The summed E-state index contributed by atoms with van der Waals surface area (Å²) in [7, 11) is 0. The SMILES string of the molecule is CSc1ccc(C(=O)NC2CCCCC2NC(=O)CNC(=O)c2cc(C(F)(F)F)ccc2N)cc1. The van der Waals surface area contributed by atoms with Crippen molar-refractivity contribution in [3.8, 4) is 0 Å². The number of benzene rings is 2. The minimum Gasteiger partial charge on any atom is -0.398 e. The molecule has 2 unspecified atom stereocenters. The molecule has 0 heterocycles. The van der Waals surface area contributed by atoms with Crippen molar-refractivity contribution in [1.29, 1.82) is 0 Å².